The van der Waals surface area contributed by atoms with Crippen molar-refractivity contribution < 1.29 is 19.1 Å². The third kappa shape index (κ3) is 3.94. The topological polar surface area (TPSA) is 79.5 Å². The van der Waals surface area contributed by atoms with Crippen LogP contribution in [0.5, 0.6) is 0 Å². The summed E-state index contributed by atoms with van der Waals surface area (Å²) < 4.78 is 5.03. The Hall–Kier alpha value is -1.78. The van der Waals surface area contributed by atoms with Gasteiger partial charge in [-0.05, 0) is 18.9 Å². The normalized spacial score (nSPS) is 12.1. The van der Waals surface area contributed by atoms with Crippen molar-refractivity contribution in [1.82, 2.24) is 5.32 Å². The second-order valence-corrected chi connectivity index (χ2v) is 3.97. The summed E-state index contributed by atoms with van der Waals surface area (Å²) in [6.07, 6.45) is 2.25. The first-order valence-corrected chi connectivity index (χ1v) is 5.58. The van der Waals surface area contributed by atoms with Crippen molar-refractivity contribution in [3.8, 4) is 0 Å². The number of hydrogen-bond acceptors (Lipinski definition) is 3. The molecule has 0 spiro atoms. The number of nitrogens with one attached hydrogen (secondary N) is 1. The van der Waals surface area contributed by atoms with Crippen LogP contribution in [0.15, 0.2) is 16.7 Å². The van der Waals surface area contributed by atoms with E-state index in [0.29, 0.717) is 17.9 Å². The summed E-state index contributed by atoms with van der Waals surface area (Å²) in [7, 11) is 0. The van der Waals surface area contributed by atoms with Crippen molar-refractivity contribution in [2.45, 2.75) is 26.7 Å². The van der Waals surface area contributed by atoms with Gasteiger partial charge in [-0.25, -0.2) is 0 Å². The lowest BCUT2D eigenvalue weighted by Crippen LogP contribution is -2.30. The van der Waals surface area contributed by atoms with E-state index in [0.717, 1.165) is 6.42 Å². The highest BCUT2D eigenvalue weighted by Crippen LogP contribution is 2.10. The van der Waals surface area contributed by atoms with Crippen LogP contribution in [0.1, 0.15) is 35.9 Å². The molecule has 0 aromatic carbocycles. The Morgan fingerprint density at radius 2 is 2.24 bits per heavy atom. The molecule has 0 saturated heterocycles. The minimum Gasteiger partial charge on any atom is -0.481 e. The second-order valence-electron chi connectivity index (χ2n) is 3.97. The lowest BCUT2D eigenvalue weighted by Gasteiger charge is -2.13. The molecule has 2 N–H and O–H groups in total. The highest BCUT2D eigenvalue weighted by atomic mass is 16.4. The third-order valence-electron chi connectivity index (χ3n) is 2.70. The molecule has 1 heterocycles. The van der Waals surface area contributed by atoms with Crippen molar-refractivity contribution in [2.75, 3.05) is 6.54 Å². The van der Waals surface area contributed by atoms with Gasteiger partial charge in [0.2, 0.25) is 0 Å². The van der Waals surface area contributed by atoms with E-state index < -0.39 is 5.97 Å². The largest absolute Gasteiger partial charge is 0.481 e. The van der Waals surface area contributed by atoms with Gasteiger partial charge in [-0.15, -0.1) is 0 Å². The molecule has 1 aromatic heterocycles. The van der Waals surface area contributed by atoms with Gasteiger partial charge < -0.3 is 14.8 Å². The standard InChI is InChI=1S/C12H17NO4/c1-3-9(6-11(14)15)7-13-12(16)10-4-5-17-8(10)2/h4-5,9H,3,6-7H2,1-2H3,(H,13,16)(H,14,15). The van der Waals surface area contributed by atoms with Crippen LogP contribution in [-0.2, 0) is 4.79 Å². The maximum absolute atomic E-state index is 11.7. The van der Waals surface area contributed by atoms with Crippen molar-refractivity contribution >= 4 is 11.9 Å². The molecule has 0 radical (unpaired) electrons. The van der Waals surface area contributed by atoms with E-state index in [1.54, 1.807) is 13.0 Å². The molecular weight excluding hydrogens is 222 g/mol. The summed E-state index contributed by atoms with van der Waals surface area (Å²) in [6, 6.07) is 1.60. The Bertz CT molecular complexity index is 397. The number of carbonyl (C=O) groups excluding carboxylic acids is 1. The molecule has 17 heavy (non-hydrogen) atoms. The van der Waals surface area contributed by atoms with Crippen molar-refractivity contribution in [1.29, 1.82) is 0 Å². The molecule has 0 saturated carbocycles. The highest BCUT2D eigenvalue weighted by molar-refractivity contribution is 5.95. The molecule has 1 unspecified atom stereocenters. The summed E-state index contributed by atoms with van der Waals surface area (Å²) in [5.41, 5.74) is 0.496. The van der Waals surface area contributed by atoms with Gasteiger partial charge in [0.15, 0.2) is 0 Å². The Morgan fingerprint density at radius 3 is 2.71 bits per heavy atom. The quantitative estimate of drug-likeness (QED) is 0.793. The molecule has 0 aliphatic heterocycles. The van der Waals surface area contributed by atoms with E-state index in [9.17, 15) is 9.59 Å². The fraction of sp³-hybridized carbons (Fsp3) is 0.500. The Morgan fingerprint density at radius 1 is 1.53 bits per heavy atom. The SMILES string of the molecule is CCC(CNC(=O)c1ccoc1C)CC(=O)O. The van der Waals surface area contributed by atoms with Crippen LogP contribution >= 0.6 is 0 Å². The lowest BCUT2D eigenvalue weighted by atomic mass is 10.0. The van der Waals surface area contributed by atoms with E-state index in [1.807, 2.05) is 6.92 Å². The highest BCUT2D eigenvalue weighted by Gasteiger charge is 2.15. The molecule has 5 heteroatoms. The summed E-state index contributed by atoms with van der Waals surface area (Å²) >= 11 is 0. The fourth-order valence-electron chi connectivity index (χ4n) is 1.56. The minimum atomic E-state index is -0.842. The summed E-state index contributed by atoms with van der Waals surface area (Å²) in [5.74, 6) is -0.539. The van der Waals surface area contributed by atoms with Crippen LogP contribution in [0.3, 0.4) is 0 Å². The van der Waals surface area contributed by atoms with Crippen LogP contribution in [0.25, 0.3) is 0 Å². The fourth-order valence-corrected chi connectivity index (χ4v) is 1.56. The number of furan rings is 1. The molecule has 1 atom stereocenters. The van der Waals surface area contributed by atoms with E-state index in [2.05, 4.69) is 5.32 Å². The predicted octanol–water partition coefficient (Wildman–Crippen LogP) is 1.82. The Labute approximate surface area is 99.8 Å². The van der Waals surface area contributed by atoms with E-state index >= 15 is 0 Å². The van der Waals surface area contributed by atoms with Gasteiger partial charge in [-0.3, -0.25) is 9.59 Å². The van der Waals surface area contributed by atoms with Crippen LogP contribution < -0.4 is 5.32 Å². The van der Waals surface area contributed by atoms with Gasteiger partial charge in [-0.2, -0.15) is 0 Å². The Balaban J connectivity index is 2.47. The number of amides is 1. The van der Waals surface area contributed by atoms with Gasteiger partial charge in [-0.1, -0.05) is 13.3 Å². The summed E-state index contributed by atoms with van der Waals surface area (Å²) in [5, 5.41) is 11.4. The zero-order valence-corrected chi connectivity index (χ0v) is 10.0. The van der Waals surface area contributed by atoms with E-state index in [1.165, 1.54) is 6.26 Å². The first-order valence-electron chi connectivity index (χ1n) is 5.58. The van der Waals surface area contributed by atoms with Crippen molar-refractivity contribution in [3.63, 3.8) is 0 Å². The van der Waals surface area contributed by atoms with Crippen molar-refractivity contribution in [2.24, 2.45) is 5.92 Å². The number of hydrogen-bond donors (Lipinski definition) is 2. The first kappa shape index (κ1) is 13.3. The molecule has 1 rings (SSSR count). The van der Waals surface area contributed by atoms with Gasteiger partial charge >= 0.3 is 5.97 Å². The van der Waals surface area contributed by atoms with E-state index in [-0.39, 0.29) is 18.2 Å². The molecule has 0 bridgehead atoms. The predicted molar refractivity (Wildman–Crippen MR) is 61.8 cm³/mol. The number of carbonyl (C=O) groups is 2. The average molecular weight is 239 g/mol. The third-order valence-corrected chi connectivity index (χ3v) is 2.70. The monoisotopic (exact) mass is 239 g/mol. The van der Waals surface area contributed by atoms with Gasteiger partial charge in [0, 0.05) is 13.0 Å². The number of aliphatic carboxylic acids is 1. The van der Waals surface area contributed by atoms with Crippen LogP contribution in [0, 0.1) is 12.8 Å². The maximum Gasteiger partial charge on any atom is 0.303 e. The van der Waals surface area contributed by atoms with Crippen LogP contribution in [-0.4, -0.2) is 23.5 Å². The summed E-state index contributed by atoms with van der Waals surface area (Å²) in [6.45, 7) is 3.98. The number of carboxylic acid groups (broad SMARTS) is 1. The molecule has 1 aromatic rings. The van der Waals surface area contributed by atoms with Crippen LogP contribution in [0.2, 0.25) is 0 Å². The van der Waals surface area contributed by atoms with Gasteiger partial charge in [0.1, 0.15) is 5.76 Å². The molecule has 1 amide bonds. The number of carboxylic acids is 1. The van der Waals surface area contributed by atoms with Crippen LogP contribution in [0.4, 0.5) is 0 Å². The van der Waals surface area contributed by atoms with Gasteiger partial charge in [0.25, 0.3) is 5.91 Å². The summed E-state index contributed by atoms with van der Waals surface area (Å²) in [4.78, 5) is 22.3. The smallest absolute Gasteiger partial charge is 0.303 e. The second kappa shape index (κ2) is 6.08. The zero-order chi connectivity index (χ0) is 12.8. The van der Waals surface area contributed by atoms with E-state index in [4.69, 9.17) is 9.52 Å². The first-order chi connectivity index (χ1) is 8.04. The molecule has 0 aliphatic rings. The lowest BCUT2D eigenvalue weighted by molar-refractivity contribution is -0.138. The molecule has 5 nitrogen and oxygen atoms in total. The minimum absolute atomic E-state index is 0.0383. The molecule has 0 fully saturated rings. The molecular formula is C12H17NO4. The zero-order valence-electron chi connectivity index (χ0n) is 10.0. The Kier molecular flexibility index (Phi) is 4.75. The average Bonchev–Trinajstić information content (AvgIpc) is 2.69. The molecule has 94 valence electrons. The van der Waals surface area contributed by atoms with Crippen molar-refractivity contribution in [3.05, 3.63) is 23.7 Å². The number of rotatable bonds is 6. The molecule has 0 aliphatic carbocycles. The maximum atomic E-state index is 11.7. The van der Waals surface area contributed by atoms with Gasteiger partial charge in [0.05, 0.1) is 11.8 Å². The number of aryl methyl sites for hydroxylation is 1.